The SMILES string of the molecule is CC1=C(c2ccccc2)C(=O)N(C(C)(C)C(=O)C2CC2)CO1. The predicted octanol–water partition coefficient (Wildman–Crippen LogP) is 2.99. The van der Waals surface area contributed by atoms with Gasteiger partial charge in [-0.3, -0.25) is 14.5 Å². The molecule has 3 rings (SSSR count). The Labute approximate surface area is 130 Å². The number of ketones is 1. The number of rotatable bonds is 4. The maximum absolute atomic E-state index is 13.0. The van der Waals surface area contributed by atoms with Crippen LogP contribution < -0.4 is 0 Å². The lowest BCUT2D eigenvalue weighted by molar-refractivity contribution is -0.149. The monoisotopic (exact) mass is 299 g/mol. The number of ether oxygens (including phenoxy) is 1. The highest BCUT2D eigenvalue weighted by atomic mass is 16.5. The van der Waals surface area contributed by atoms with Crippen LogP contribution in [0.15, 0.2) is 36.1 Å². The van der Waals surface area contributed by atoms with Gasteiger partial charge in [0.05, 0.1) is 11.1 Å². The first-order chi connectivity index (χ1) is 10.4. The Balaban J connectivity index is 1.94. The van der Waals surface area contributed by atoms with Gasteiger partial charge in [0, 0.05) is 5.92 Å². The summed E-state index contributed by atoms with van der Waals surface area (Å²) in [6.45, 7) is 5.57. The molecule has 1 aromatic rings. The maximum Gasteiger partial charge on any atom is 0.261 e. The molecule has 0 unspecified atom stereocenters. The summed E-state index contributed by atoms with van der Waals surface area (Å²) in [4.78, 5) is 27.1. The van der Waals surface area contributed by atoms with Crippen molar-refractivity contribution in [1.82, 2.24) is 4.90 Å². The van der Waals surface area contributed by atoms with E-state index in [9.17, 15) is 9.59 Å². The van der Waals surface area contributed by atoms with Gasteiger partial charge in [-0.15, -0.1) is 0 Å². The lowest BCUT2D eigenvalue weighted by atomic mass is 9.91. The zero-order valence-corrected chi connectivity index (χ0v) is 13.3. The fourth-order valence-corrected chi connectivity index (χ4v) is 2.90. The van der Waals surface area contributed by atoms with Crippen LogP contribution in [-0.2, 0) is 14.3 Å². The lowest BCUT2D eigenvalue weighted by Gasteiger charge is -2.40. The molecule has 1 aromatic carbocycles. The van der Waals surface area contributed by atoms with Crippen molar-refractivity contribution in [2.45, 2.75) is 39.2 Å². The van der Waals surface area contributed by atoms with E-state index in [4.69, 9.17) is 4.74 Å². The number of carbonyl (C=O) groups is 2. The largest absolute Gasteiger partial charge is 0.477 e. The van der Waals surface area contributed by atoms with Gasteiger partial charge >= 0.3 is 0 Å². The fraction of sp³-hybridized carbons (Fsp3) is 0.444. The molecule has 1 aliphatic carbocycles. The normalized spacial score (nSPS) is 19.2. The van der Waals surface area contributed by atoms with Crippen LogP contribution in [0.4, 0.5) is 0 Å². The third kappa shape index (κ3) is 2.43. The smallest absolute Gasteiger partial charge is 0.261 e. The quantitative estimate of drug-likeness (QED) is 0.858. The third-order valence-corrected chi connectivity index (χ3v) is 4.51. The molecule has 1 aliphatic heterocycles. The van der Waals surface area contributed by atoms with E-state index >= 15 is 0 Å². The fourth-order valence-electron chi connectivity index (χ4n) is 2.90. The molecular weight excluding hydrogens is 278 g/mol. The van der Waals surface area contributed by atoms with Crippen molar-refractivity contribution >= 4 is 17.3 Å². The van der Waals surface area contributed by atoms with Crippen molar-refractivity contribution in [2.24, 2.45) is 5.92 Å². The van der Waals surface area contributed by atoms with Gasteiger partial charge in [0.25, 0.3) is 5.91 Å². The summed E-state index contributed by atoms with van der Waals surface area (Å²) in [6.07, 6.45) is 1.87. The molecule has 1 saturated carbocycles. The van der Waals surface area contributed by atoms with Crippen molar-refractivity contribution in [1.29, 1.82) is 0 Å². The molecule has 0 N–H and O–H groups in total. The van der Waals surface area contributed by atoms with E-state index in [1.807, 2.05) is 44.2 Å². The van der Waals surface area contributed by atoms with Gasteiger partial charge in [-0.05, 0) is 39.2 Å². The minimum atomic E-state index is -0.834. The van der Waals surface area contributed by atoms with Crippen molar-refractivity contribution in [3.05, 3.63) is 41.7 Å². The van der Waals surface area contributed by atoms with Gasteiger partial charge in [0.2, 0.25) is 0 Å². The Morgan fingerprint density at radius 3 is 2.45 bits per heavy atom. The predicted molar refractivity (Wildman–Crippen MR) is 83.6 cm³/mol. The average Bonchev–Trinajstić information content (AvgIpc) is 3.32. The Bertz CT molecular complexity index is 642. The van der Waals surface area contributed by atoms with Gasteiger partial charge in [0.1, 0.15) is 5.76 Å². The summed E-state index contributed by atoms with van der Waals surface area (Å²) in [5.74, 6) is 0.725. The van der Waals surface area contributed by atoms with Crippen LogP contribution in [0.5, 0.6) is 0 Å². The second-order valence-corrected chi connectivity index (χ2v) is 6.50. The molecule has 22 heavy (non-hydrogen) atoms. The standard InChI is InChI=1S/C18H21NO3/c1-12-15(13-7-5-4-6-8-13)17(21)19(11-22-12)18(2,3)16(20)14-9-10-14/h4-8,14H,9-11H2,1-3H3. The molecule has 2 aliphatic rings. The van der Waals surface area contributed by atoms with E-state index in [0.717, 1.165) is 18.4 Å². The first-order valence-electron chi connectivity index (χ1n) is 7.68. The second-order valence-electron chi connectivity index (χ2n) is 6.50. The minimum Gasteiger partial charge on any atom is -0.477 e. The van der Waals surface area contributed by atoms with Crippen LogP contribution in [0, 0.1) is 5.92 Å². The Hall–Kier alpha value is -2.10. The second kappa shape index (κ2) is 5.27. The zero-order valence-electron chi connectivity index (χ0n) is 13.3. The zero-order chi connectivity index (χ0) is 15.9. The summed E-state index contributed by atoms with van der Waals surface area (Å²) in [5, 5.41) is 0. The van der Waals surface area contributed by atoms with E-state index < -0.39 is 5.54 Å². The van der Waals surface area contributed by atoms with Crippen molar-refractivity contribution in [3.63, 3.8) is 0 Å². The van der Waals surface area contributed by atoms with Crippen LogP contribution in [0.25, 0.3) is 5.57 Å². The first-order valence-corrected chi connectivity index (χ1v) is 7.68. The molecule has 4 nitrogen and oxygen atoms in total. The molecule has 0 aromatic heterocycles. The first kappa shape index (κ1) is 14.8. The molecule has 0 saturated heterocycles. The number of carbonyl (C=O) groups excluding carboxylic acids is 2. The summed E-state index contributed by atoms with van der Waals surface area (Å²) in [7, 11) is 0. The highest BCUT2D eigenvalue weighted by Crippen LogP contribution is 2.38. The average molecular weight is 299 g/mol. The number of benzene rings is 1. The van der Waals surface area contributed by atoms with E-state index in [1.165, 1.54) is 0 Å². The molecular formula is C18H21NO3. The topological polar surface area (TPSA) is 46.6 Å². The number of Topliss-reactive ketones (excluding diaryl/α,β-unsaturated/α-hetero) is 1. The van der Waals surface area contributed by atoms with Gasteiger partial charge < -0.3 is 4.74 Å². The third-order valence-electron chi connectivity index (χ3n) is 4.51. The summed E-state index contributed by atoms with van der Waals surface area (Å²) in [6, 6.07) is 9.47. The molecule has 0 radical (unpaired) electrons. The van der Waals surface area contributed by atoms with Gasteiger partial charge in [-0.25, -0.2) is 0 Å². The van der Waals surface area contributed by atoms with Gasteiger partial charge in [-0.2, -0.15) is 0 Å². The summed E-state index contributed by atoms with van der Waals surface area (Å²) < 4.78 is 5.70. The number of allylic oxidation sites excluding steroid dienone is 1. The molecule has 4 heteroatoms. The summed E-state index contributed by atoms with van der Waals surface area (Å²) >= 11 is 0. The molecule has 1 fully saturated rings. The van der Waals surface area contributed by atoms with Crippen LogP contribution in [-0.4, -0.2) is 28.9 Å². The molecule has 1 heterocycles. The van der Waals surface area contributed by atoms with Crippen LogP contribution in [0.3, 0.4) is 0 Å². The van der Waals surface area contributed by atoms with E-state index in [2.05, 4.69) is 0 Å². The van der Waals surface area contributed by atoms with Crippen molar-refractivity contribution in [2.75, 3.05) is 6.73 Å². The van der Waals surface area contributed by atoms with Gasteiger partial charge in [-0.1, -0.05) is 30.3 Å². The van der Waals surface area contributed by atoms with Crippen LogP contribution in [0.1, 0.15) is 39.2 Å². The van der Waals surface area contributed by atoms with Crippen molar-refractivity contribution < 1.29 is 14.3 Å². The van der Waals surface area contributed by atoms with E-state index in [1.54, 1.807) is 11.8 Å². The highest BCUT2D eigenvalue weighted by Gasteiger charge is 2.47. The Morgan fingerprint density at radius 1 is 1.23 bits per heavy atom. The number of hydrogen-bond acceptors (Lipinski definition) is 3. The van der Waals surface area contributed by atoms with Crippen LogP contribution >= 0.6 is 0 Å². The van der Waals surface area contributed by atoms with Crippen LogP contribution in [0.2, 0.25) is 0 Å². The minimum absolute atomic E-state index is 0.106. The van der Waals surface area contributed by atoms with E-state index in [-0.39, 0.29) is 24.3 Å². The number of hydrogen-bond donors (Lipinski definition) is 0. The Kier molecular flexibility index (Phi) is 3.55. The summed E-state index contributed by atoms with van der Waals surface area (Å²) in [5.41, 5.74) is 0.534. The maximum atomic E-state index is 13.0. The van der Waals surface area contributed by atoms with E-state index in [0.29, 0.717) is 11.3 Å². The molecule has 0 spiro atoms. The highest BCUT2D eigenvalue weighted by molar-refractivity contribution is 6.21. The molecule has 0 bridgehead atoms. The molecule has 116 valence electrons. The van der Waals surface area contributed by atoms with Gasteiger partial charge in [0.15, 0.2) is 12.5 Å². The molecule has 0 atom stereocenters. The Morgan fingerprint density at radius 2 is 1.86 bits per heavy atom. The lowest BCUT2D eigenvalue weighted by Crippen LogP contribution is -2.56. The van der Waals surface area contributed by atoms with Crippen molar-refractivity contribution in [3.8, 4) is 0 Å². The number of amides is 1. The molecule has 1 amide bonds. The number of nitrogens with zero attached hydrogens (tertiary/aromatic N) is 1.